The van der Waals surface area contributed by atoms with Crippen molar-refractivity contribution in [3.63, 3.8) is 0 Å². The molecule has 0 aromatic carbocycles. The zero-order valence-electron chi connectivity index (χ0n) is 19.7. The molecular weight excluding hydrogens is 587 g/mol. The van der Waals surface area contributed by atoms with Gasteiger partial charge in [0.1, 0.15) is 0 Å². The molecule has 1 unspecified atom stereocenters. The molecule has 2 aliphatic heterocycles. The van der Waals surface area contributed by atoms with Gasteiger partial charge in [-0.3, -0.25) is 4.79 Å². The van der Waals surface area contributed by atoms with Gasteiger partial charge < -0.3 is 0 Å². The number of ether oxygens (including phenoxy) is 1. The number of carboxylic acid groups (broad SMARTS) is 2. The van der Waals surface area contributed by atoms with E-state index in [4.69, 9.17) is 20.4 Å². The summed E-state index contributed by atoms with van der Waals surface area (Å²) in [5.74, 6) is -4.67. The number of carboxylic acids is 2. The Morgan fingerprint density at radius 2 is 2.03 bits per heavy atom. The number of anilines is 1. The fourth-order valence-corrected chi connectivity index (χ4v) is 5.45. The number of amides is 2. The van der Waals surface area contributed by atoms with Crippen LogP contribution >= 0.6 is 11.8 Å². The minimum atomic E-state index is -1.37. The molecule has 5 N–H and O–H groups in total. The molecule has 14 nitrogen and oxygen atoms in total. The summed E-state index contributed by atoms with van der Waals surface area (Å²) in [4.78, 5) is 71.0. The Kier molecular flexibility index (Phi) is 12.7. The summed E-state index contributed by atoms with van der Waals surface area (Å²) in [6.45, 7) is 2.12. The van der Waals surface area contributed by atoms with E-state index in [1.165, 1.54) is 25.6 Å². The van der Waals surface area contributed by atoms with Gasteiger partial charge in [0.2, 0.25) is 0 Å². The molecule has 18 heteroatoms. The molecule has 0 spiro atoms. The molecule has 3 rings (SSSR count). The molecule has 1 aromatic rings. The number of rotatable bonds is 9. The van der Waals surface area contributed by atoms with Crippen LogP contribution in [0.2, 0.25) is 0 Å². The van der Waals surface area contributed by atoms with Crippen LogP contribution in [-0.2, 0) is 33.5 Å². The number of hydrogen-bond acceptors (Lipinski definition) is 11. The predicted octanol–water partition coefficient (Wildman–Crippen LogP) is -2.55. The number of esters is 1. The van der Waals surface area contributed by atoms with Gasteiger partial charge in [-0.2, -0.15) is 0 Å². The Balaban J connectivity index is 0.00000324. The van der Waals surface area contributed by atoms with E-state index in [0.717, 1.165) is 4.90 Å². The van der Waals surface area contributed by atoms with E-state index < -0.39 is 47.2 Å². The van der Waals surface area contributed by atoms with Crippen LogP contribution < -0.4 is 11.1 Å². The van der Waals surface area contributed by atoms with Crippen molar-refractivity contribution < 1.29 is 43.8 Å². The average Bonchev–Trinajstić information content (AvgIpc) is 3.20. The molecule has 2 radical (unpaired) electrons. The zero-order chi connectivity index (χ0) is 25.2. The van der Waals surface area contributed by atoms with Crippen LogP contribution in [-0.4, -0.2) is 159 Å². The number of carbonyl (C=O) groups is 5. The maximum absolute atomic E-state index is 12.9. The number of oxime groups is 1. The van der Waals surface area contributed by atoms with Crippen molar-refractivity contribution in [3.8, 4) is 0 Å². The summed E-state index contributed by atoms with van der Waals surface area (Å²) < 4.78 is 5.14. The van der Waals surface area contributed by atoms with Gasteiger partial charge in [-0.1, -0.05) is 0 Å². The second kappa shape index (κ2) is 14.0. The molecule has 184 valence electrons. The summed E-state index contributed by atoms with van der Waals surface area (Å²) in [5.41, 5.74) is 5.32. The maximum Gasteiger partial charge on any atom is 0 e. The fraction of sp³-hybridized carbons (Fsp3) is 0.389. The normalized spacial score (nSPS) is 19.6. The number of β-lactam (4-membered cyclic amide) rings is 1. The van der Waals surface area contributed by atoms with Crippen molar-refractivity contribution in [1.82, 2.24) is 15.2 Å². The van der Waals surface area contributed by atoms with Crippen LogP contribution in [0, 0.1) is 0 Å². The van der Waals surface area contributed by atoms with E-state index >= 15 is 0 Å². The molecule has 0 aliphatic carbocycles. The average molecular weight is 606 g/mol. The Bertz CT molecular complexity index is 1130. The predicted molar refractivity (Wildman–Crippen MR) is 128 cm³/mol. The number of nitrogen functional groups attached to an aromatic ring is 1. The fourth-order valence-electron chi connectivity index (χ4n) is 2.97. The van der Waals surface area contributed by atoms with Gasteiger partial charge in [-0.25, -0.2) is 0 Å². The molecule has 2 amide bonds. The van der Waals surface area contributed by atoms with E-state index in [1.54, 1.807) is 4.94 Å². The molecule has 1 fully saturated rings. The Morgan fingerprint density at radius 1 is 1.36 bits per heavy atom. The van der Waals surface area contributed by atoms with Crippen molar-refractivity contribution >= 4 is 126 Å². The number of thioether (sulfide) groups is 1. The molecular formula is C18H19N5Na2O9SSe. The van der Waals surface area contributed by atoms with Gasteiger partial charge in [0, 0.05) is 66.0 Å². The molecule has 0 bridgehead atoms. The van der Waals surface area contributed by atoms with E-state index in [2.05, 4.69) is 15.5 Å². The Labute approximate surface area is 258 Å². The SMILES string of the molecule is CC(=O)OCC1=C(C(=O)O)N2C(=O)[C@@H](NC(=O)C(=NOC(C)C(=O)O)c3c[se]c(N)n3)[C@H]2SC1.[Na].[Na]. The summed E-state index contributed by atoms with van der Waals surface area (Å²) >= 11 is 0.848. The molecule has 3 heterocycles. The van der Waals surface area contributed by atoms with Crippen LogP contribution in [0.25, 0.3) is 0 Å². The summed E-state index contributed by atoms with van der Waals surface area (Å²) in [6, 6.07) is -1.09. The minimum absolute atomic E-state index is 0. The van der Waals surface area contributed by atoms with Crippen molar-refractivity contribution in [2.45, 2.75) is 31.4 Å². The van der Waals surface area contributed by atoms with E-state index in [-0.39, 0.29) is 113 Å². The van der Waals surface area contributed by atoms with Crippen molar-refractivity contribution in [3.05, 3.63) is 21.9 Å². The molecule has 36 heavy (non-hydrogen) atoms. The Morgan fingerprint density at radius 3 is 2.56 bits per heavy atom. The quantitative estimate of drug-likeness (QED) is 0.0753. The van der Waals surface area contributed by atoms with Gasteiger partial charge in [0.15, 0.2) is 0 Å². The number of hydrogen-bond donors (Lipinski definition) is 4. The number of aromatic nitrogens is 1. The maximum atomic E-state index is 12.9. The number of fused-ring (bicyclic) bond motifs is 1. The smallest absolute Gasteiger partial charge is 0 e. The van der Waals surface area contributed by atoms with Crippen LogP contribution in [0.15, 0.2) is 21.4 Å². The first-order valence-corrected chi connectivity index (χ1v) is 12.4. The van der Waals surface area contributed by atoms with Crippen LogP contribution in [0.4, 0.5) is 4.69 Å². The van der Waals surface area contributed by atoms with Gasteiger partial charge in [-0.05, 0) is 0 Å². The molecule has 1 aromatic heterocycles. The van der Waals surface area contributed by atoms with Crippen LogP contribution in [0.3, 0.4) is 0 Å². The third kappa shape index (κ3) is 7.36. The van der Waals surface area contributed by atoms with Crippen molar-refractivity contribution in [2.24, 2.45) is 5.16 Å². The number of aliphatic carboxylic acids is 2. The third-order valence-electron chi connectivity index (χ3n) is 4.62. The number of nitrogens with zero attached hydrogens (tertiary/aromatic N) is 3. The van der Waals surface area contributed by atoms with E-state index in [9.17, 15) is 29.1 Å². The molecule has 2 aliphatic rings. The largest absolute Gasteiger partial charge is 0 e. The number of carbonyl (C=O) groups excluding carboxylic acids is 3. The van der Waals surface area contributed by atoms with Crippen molar-refractivity contribution in [1.29, 1.82) is 0 Å². The summed E-state index contributed by atoms with van der Waals surface area (Å²) in [7, 11) is 0. The van der Waals surface area contributed by atoms with Crippen LogP contribution in [0.1, 0.15) is 19.5 Å². The Hall–Kier alpha value is -1.36. The first-order chi connectivity index (χ1) is 16.0. The second-order valence-electron chi connectivity index (χ2n) is 7.00. The van der Waals surface area contributed by atoms with Gasteiger partial charge in [0.05, 0.1) is 0 Å². The number of nitrogens with two attached hydrogens (primary N) is 1. The van der Waals surface area contributed by atoms with Gasteiger partial charge in [0.25, 0.3) is 0 Å². The van der Waals surface area contributed by atoms with E-state index in [1.807, 2.05) is 0 Å². The van der Waals surface area contributed by atoms with Gasteiger partial charge in [-0.15, -0.1) is 0 Å². The number of nitrogens with one attached hydrogen (secondary N) is 1. The monoisotopic (exact) mass is 607 g/mol. The second-order valence-corrected chi connectivity index (χ2v) is 9.97. The summed E-state index contributed by atoms with van der Waals surface area (Å²) in [5, 5.41) is 23.9. The minimum Gasteiger partial charge on any atom is 0 e. The first-order valence-electron chi connectivity index (χ1n) is 9.53. The zero-order valence-corrected chi connectivity index (χ0v) is 26.2. The third-order valence-corrected chi connectivity index (χ3v) is 7.37. The summed E-state index contributed by atoms with van der Waals surface area (Å²) in [6.07, 6.45) is -1.36. The molecule has 0 saturated carbocycles. The van der Waals surface area contributed by atoms with Crippen LogP contribution in [0.5, 0.6) is 0 Å². The first kappa shape index (κ1) is 32.7. The van der Waals surface area contributed by atoms with Gasteiger partial charge >= 0.3 is 190 Å². The topological polar surface area (TPSA) is 211 Å². The standard InChI is InChI=1S/C18H19N5O9SSe.2Na/c1-6(16(27)28)32-22-10(9-5-34-18(19)20-9)13(25)21-11-14(26)23-12(17(29)30)8(3-31-7(2)24)4-33-15(11)23;;/h5-6,11,15H,3-4H2,1-2H3,(H2,19,20)(H,21,25)(H,27,28)(H,29,30);;/t6?,11-,15-;;/m1../s1. The molecule has 1 saturated heterocycles. The van der Waals surface area contributed by atoms with Crippen molar-refractivity contribution in [2.75, 3.05) is 18.1 Å². The van der Waals surface area contributed by atoms with E-state index in [0.29, 0.717) is 0 Å². The molecule has 3 atom stereocenters.